The lowest BCUT2D eigenvalue weighted by atomic mass is 10.2. The highest BCUT2D eigenvalue weighted by atomic mass is 16.5. The predicted molar refractivity (Wildman–Crippen MR) is 55.5 cm³/mol. The summed E-state index contributed by atoms with van der Waals surface area (Å²) in [5.74, 6) is 0. The average molecular weight is 220 g/mol. The summed E-state index contributed by atoms with van der Waals surface area (Å²) in [6, 6.07) is 0. The van der Waals surface area contributed by atoms with E-state index in [1.54, 1.807) is 12.5 Å². The van der Waals surface area contributed by atoms with Gasteiger partial charge in [-0.05, 0) is 6.92 Å². The molecule has 0 amide bonds. The number of ether oxygens (including phenoxy) is 1. The molecule has 6 nitrogen and oxygen atoms in total. The standard InChI is InChI=1S/C10H12N4O2/c1-6-8(15)2-9(16-6)14-5-13-7-3-11-4-12-10(7)14/h3-6,8-9,15H,2H2,1H3/t6?,8-,9?/m1/s1. The van der Waals surface area contributed by atoms with Crippen LogP contribution in [-0.4, -0.2) is 36.8 Å². The Balaban J connectivity index is 2.01. The van der Waals surface area contributed by atoms with Gasteiger partial charge >= 0.3 is 0 Å². The van der Waals surface area contributed by atoms with Crippen molar-refractivity contribution >= 4 is 11.2 Å². The minimum Gasteiger partial charge on any atom is -0.390 e. The monoisotopic (exact) mass is 220 g/mol. The van der Waals surface area contributed by atoms with E-state index in [0.29, 0.717) is 6.42 Å². The third-order valence-corrected chi connectivity index (χ3v) is 2.91. The smallest absolute Gasteiger partial charge is 0.165 e. The molecule has 1 aliphatic rings. The second-order valence-electron chi connectivity index (χ2n) is 3.98. The highest BCUT2D eigenvalue weighted by molar-refractivity contribution is 5.68. The van der Waals surface area contributed by atoms with E-state index in [-0.39, 0.29) is 12.3 Å². The summed E-state index contributed by atoms with van der Waals surface area (Å²) in [5, 5.41) is 9.65. The van der Waals surface area contributed by atoms with Crippen molar-refractivity contribution in [1.29, 1.82) is 0 Å². The van der Waals surface area contributed by atoms with Crippen molar-refractivity contribution in [3.63, 3.8) is 0 Å². The Hall–Kier alpha value is -1.53. The number of hydrogen-bond acceptors (Lipinski definition) is 5. The van der Waals surface area contributed by atoms with E-state index in [1.807, 2.05) is 11.5 Å². The molecule has 1 saturated heterocycles. The number of aliphatic hydroxyl groups is 1. The van der Waals surface area contributed by atoms with Crippen LogP contribution in [0.15, 0.2) is 18.9 Å². The maximum Gasteiger partial charge on any atom is 0.165 e. The lowest BCUT2D eigenvalue weighted by Gasteiger charge is -2.12. The predicted octanol–water partition coefficient (Wildman–Crippen LogP) is 0.495. The molecule has 1 aliphatic heterocycles. The number of fused-ring (bicyclic) bond motifs is 1. The normalized spacial score (nSPS) is 30.0. The largest absolute Gasteiger partial charge is 0.390 e. The SMILES string of the molecule is CC1OC(n2cnc3cncnc32)C[C@H]1O. The maximum absolute atomic E-state index is 9.65. The number of aromatic nitrogens is 4. The quantitative estimate of drug-likeness (QED) is 0.757. The molecule has 0 saturated carbocycles. The van der Waals surface area contributed by atoms with Crippen molar-refractivity contribution in [2.45, 2.75) is 31.8 Å². The first-order chi connectivity index (χ1) is 7.75. The molecule has 2 aromatic rings. The molecule has 2 aromatic heterocycles. The van der Waals surface area contributed by atoms with Crippen LogP contribution < -0.4 is 0 Å². The summed E-state index contributed by atoms with van der Waals surface area (Å²) >= 11 is 0. The maximum atomic E-state index is 9.65. The first-order valence-corrected chi connectivity index (χ1v) is 5.22. The molecule has 0 radical (unpaired) electrons. The fraction of sp³-hybridized carbons (Fsp3) is 0.500. The van der Waals surface area contributed by atoms with Gasteiger partial charge in [0.1, 0.15) is 18.1 Å². The van der Waals surface area contributed by atoms with Crippen LogP contribution in [-0.2, 0) is 4.74 Å². The van der Waals surface area contributed by atoms with Crippen LogP contribution in [0.5, 0.6) is 0 Å². The molecular weight excluding hydrogens is 208 g/mol. The van der Waals surface area contributed by atoms with Crippen molar-refractivity contribution in [3.8, 4) is 0 Å². The van der Waals surface area contributed by atoms with Crippen LogP contribution in [0.3, 0.4) is 0 Å². The van der Waals surface area contributed by atoms with E-state index in [9.17, 15) is 5.11 Å². The summed E-state index contributed by atoms with van der Waals surface area (Å²) < 4.78 is 7.48. The fourth-order valence-electron chi connectivity index (χ4n) is 1.97. The summed E-state index contributed by atoms with van der Waals surface area (Å²) in [4.78, 5) is 12.3. The number of nitrogens with zero attached hydrogens (tertiary/aromatic N) is 4. The second-order valence-corrected chi connectivity index (χ2v) is 3.98. The number of aliphatic hydroxyl groups excluding tert-OH is 1. The van der Waals surface area contributed by atoms with Gasteiger partial charge in [0.05, 0.1) is 24.7 Å². The molecule has 3 heterocycles. The van der Waals surface area contributed by atoms with Gasteiger partial charge in [-0.15, -0.1) is 0 Å². The van der Waals surface area contributed by atoms with Crippen LogP contribution in [0.1, 0.15) is 19.6 Å². The molecule has 84 valence electrons. The van der Waals surface area contributed by atoms with Gasteiger partial charge < -0.3 is 9.84 Å². The summed E-state index contributed by atoms with van der Waals surface area (Å²) in [6.45, 7) is 1.86. The zero-order valence-electron chi connectivity index (χ0n) is 8.82. The second kappa shape index (κ2) is 3.50. The minimum atomic E-state index is -0.427. The zero-order chi connectivity index (χ0) is 11.1. The molecule has 1 N–H and O–H groups in total. The Morgan fingerprint density at radius 3 is 3.12 bits per heavy atom. The van der Waals surface area contributed by atoms with Crippen LogP contribution in [0.2, 0.25) is 0 Å². The van der Waals surface area contributed by atoms with Crippen molar-refractivity contribution < 1.29 is 9.84 Å². The van der Waals surface area contributed by atoms with Crippen LogP contribution in [0.25, 0.3) is 11.2 Å². The first-order valence-electron chi connectivity index (χ1n) is 5.22. The highest BCUT2D eigenvalue weighted by Gasteiger charge is 2.32. The van der Waals surface area contributed by atoms with E-state index in [0.717, 1.165) is 11.2 Å². The van der Waals surface area contributed by atoms with Crippen molar-refractivity contribution in [3.05, 3.63) is 18.9 Å². The lowest BCUT2D eigenvalue weighted by Crippen LogP contribution is -2.15. The van der Waals surface area contributed by atoms with Gasteiger partial charge in [0.15, 0.2) is 5.65 Å². The lowest BCUT2D eigenvalue weighted by molar-refractivity contribution is -0.00632. The van der Waals surface area contributed by atoms with Gasteiger partial charge in [-0.2, -0.15) is 0 Å². The van der Waals surface area contributed by atoms with E-state index in [4.69, 9.17) is 4.74 Å². The van der Waals surface area contributed by atoms with E-state index in [1.165, 1.54) is 6.33 Å². The zero-order valence-corrected chi connectivity index (χ0v) is 8.82. The van der Waals surface area contributed by atoms with E-state index in [2.05, 4.69) is 15.0 Å². The van der Waals surface area contributed by atoms with Crippen molar-refractivity contribution in [2.75, 3.05) is 0 Å². The Labute approximate surface area is 91.9 Å². The molecule has 0 spiro atoms. The van der Waals surface area contributed by atoms with Crippen molar-refractivity contribution in [1.82, 2.24) is 19.5 Å². The molecule has 16 heavy (non-hydrogen) atoms. The summed E-state index contributed by atoms with van der Waals surface area (Å²) in [7, 11) is 0. The topological polar surface area (TPSA) is 73.1 Å². The Morgan fingerprint density at radius 2 is 2.38 bits per heavy atom. The number of hydrogen-bond donors (Lipinski definition) is 1. The molecule has 0 aliphatic carbocycles. The molecule has 3 atom stereocenters. The summed E-state index contributed by atoms with van der Waals surface area (Å²) in [6.07, 6.45) is 4.62. The molecule has 3 rings (SSSR count). The van der Waals surface area contributed by atoms with Gasteiger partial charge in [-0.3, -0.25) is 4.57 Å². The summed E-state index contributed by atoms with van der Waals surface area (Å²) in [5.41, 5.74) is 1.47. The average Bonchev–Trinajstić information content (AvgIpc) is 2.83. The van der Waals surface area contributed by atoms with Crippen LogP contribution >= 0.6 is 0 Å². The van der Waals surface area contributed by atoms with Crippen molar-refractivity contribution in [2.24, 2.45) is 0 Å². The minimum absolute atomic E-state index is 0.149. The van der Waals surface area contributed by atoms with Crippen LogP contribution in [0, 0.1) is 0 Å². The Bertz CT molecular complexity index is 502. The molecule has 0 aromatic carbocycles. The van der Waals surface area contributed by atoms with Gasteiger partial charge in [0, 0.05) is 6.42 Å². The molecular formula is C10H12N4O2. The molecule has 6 heteroatoms. The third kappa shape index (κ3) is 1.38. The molecule has 1 fully saturated rings. The van der Waals surface area contributed by atoms with E-state index >= 15 is 0 Å². The molecule has 2 unspecified atom stereocenters. The Kier molecular flexibility index (Phi) is 2.12. The third-order valence-electron chi connectivity index (χ3n) is 2.91. The van der Waals surface area contributed by atoms with Gasteiger partial charge in [0.2, 0.25) is 0 Å². The highest BCUT2D eigenvalue weighted by Crippen LogP contribution is 2.30. The number of imidazole rings is 1. The van der Waals surface area contributed by atoms with Gasteiger partial charge in [-0.1, -0.05) is 0 Å². The van der Waals surface area contributed by atoms with Crippen LogP contribution in [0.4, 0.5) is 0 Å². The Morgan fingerprint density at radius 1 is 1.50 bits per heavy atom. The van der Waals surface area contributed by atoms with Gasteiger partial charge in [-0.25, -0.2) is 15.0 Å². The number of rotatable bonds is 1. The fourth-order valence-corrected chi connectivity index (χ4v) is 1.97. The van der Waals surface area contributed by atoms with Gasteiger partial charge in [0.25, 0.3) is 0 Å². The molecule has 0 bridgehead atoms. The van der Waals surface area contributed by atoms with E-state index < -0.39 is 6.10 Å². The first kappa shape index (κ1) is 9.68.